The number of hydrogen-bond acceptors (Lipinski definition) is 2. The van der Waals surface area contributed by atoms with Gasteiger partial charge in [-0.05, 0) is 102 Å². The van der Waals surface area contributed by atoms with E-state index in [1.165, 1.54) is 72.4 Å². The van der Waals surface area contributed by atoms with Gasteiger partial charge in [-0.15, -0.1) is 0 Å². The summed E-state index contributed by atoms with van der Waals surface area (Å²) in [6, 6.07) is 15.8. The van der Waals surface area contributed by atoms with E-state index in [1.54, 1.807) is 11.1 Å². The first-order chi connectivity index (χ1) is 17.1. The summed E-state index contributed by atoms with van der Waals surface area (Å²) in [5.41, 5.74) is 9.82. The van der Waals surface area contributed by atoms with Gasteiger partial charge in [0.05, 0.1) is 11.0 Å². The Kier molecular flexibility index (Phi) is 6.08. The Morgan fingerprint density at radius 1 is 0.714 bits per heavy atom. The average molecular weight is 463 g/mol. The van der Waals surface area contributed by atoms with Gasteiger partial charge in [0.25, 0.3) is 0 Å². The largest absolute Gasteiger partial charge is 0.256 e. The lowest BCUT2D eigenvalue weighted by atomic mass is 9.74. The van der Waals surface area contributed by atoms with Crippen LogP contribution in [-0.2, 0) is 6.42 Å². The molecule has 0 N–H and O–H groups in total. The summed E-state index contributed by atoms with van der Waals surface area (Å²) in [7, 11) is 0. The Morgan fingerprint density at radius 2 is 1.34 bits per heavy atom. The molecule has 0 spiro atoms. The third kappa shape index (κ3) is 4.15. The number of benzene rings is 2. The summed E-state index contributed by atoms with van der Waals surface area (Å²) >= 11 is 0. The first-order valence-electron chi connectivity index (χ1n) is 13.9. The fraction of sp³-hybridized carbons (Fsp3) is 0.455. The normalized spacial score (nSPS) is 17.9. The van der Waals surface area contributed by atoms with Gasteiger partial charge < -0.3 is 0 Å². The van der Waals surface area contributed by atoms with Crippen LogP contribution in [0.4, 0.5) is 0 Å². The predicted molar refractivity (Wildman–Crippen MR) is 147 cm³/mol. The predicted octanol–water partition coefficient (Wildman–Crippen LogP) is 9.18. The second-order valence-corrected chi connectivity index (χ2v) is 11.5. The zero-order chi connectivity index (χ0) is 23.9. The maximum absolute atomic E-state index is 4.89. The summed E-state index contributed by atoms with van der Waals surface area (Å²) in [5, 5.41) is 2.78. The average Bonchev–Trinajstić information content (AvgIpc) is 3.37. The molecule has 0 aliphatic heterocycles. The third-order valence-corrected chi connectivity index (χ3v) is 8.82. The van der Waals surface area contributed by atoms with Crippen molar-refractivity contribution in [2.75, 3.05) is 0 Å². The molecule has 4 aromatic rings. The highest BCUT2D eigenvalue weighted by molar-refractivity contribution is 5.85. The summed E-state index contributed by atoms with van der Waals surface area (Å²) in [4.78, 5) is 9.78. The number of hydrogen-bond donors (Lipinski definition) is 0. The highest BCUT2D eigenvalue weighted by Crippen LogP contribution is 2.44. The van der Waals surface area contributed by atoms with Gasteiger partial charge in [-0.1, -0.05) is 64.3 Å². The van der Waals surface area contributed by atoms with Crippen molar-refractivity contribution in [2.45, 2.75) is 95.8 Å². The lowest BCUT2D eigenvalue weighted by Crippen LogP contribution is -2.14. The van der Waals surface area contributed by atoms with Crippen molar-refractivity contribution in [3.05, 3.63) is 82.7 Å². The van der Waals surface area contributed by atoms with Gasteiger partial charge in [0.1, 0.15) is 0 Å². The van der Waals surface area contributed by atoms with E-state index >= 15 is 0 Å². The number of aromatic nitrogens is 2. The van der Waals surface area contributed by atoms with Gasteiger partial charge in [0, 0.05) is 23.2 Å². The van der Waals surface area contributed by atoms with Crippen molar-refractivity contribution >= 4 is 21.8 Å². The monoisotopic (exact) mass is 462 g/mol. The molecule has 0 radical (unpaired) electrons. The van der Waals surface area contributed by atoms with E-state index in [1.807, 2.05) is 0 Å². The molecule has 0 bridgehead atoms. The van der Waals surface area contributed by atoms with Gasteiger partial charge in [0.15, 0.2) is 0 Å². The van der Waals surface area contributed by atoms with Crippen molar-refractivity contribution in [3.63, 3.8) is 0 Å². The molecule has 2 saturated carbocycles. The van der Waals surface area contributed by atoms with Crippen LogP contribution in [0.2, 0.25) is 0 Å². The van der Waals surface area contributed by atoms with E-state index in [0.29, 0.717) is 23.7 Å². The molecular weight excluding hydrogens is 424 g/mol. The molecule has 2 fully saturated rings. The molecule has 2 aromatic carbocycles. The zero-order valence-corrected chi connectivity index (χ0v) is 21.6. The van der Waals surface area contributed by atoms with Crippen LogP contribution >= 0.6 is 0 Å². The van der Waals surface area contributed by atoms with E-state index < -0.39 is 0 Å². The Balaban J connectivity index is 1.40. The standard InChI is InChI=1S/C33H38N2/c1-21(2)28-19-34-31-16-15-23(18-27(31)33(28)24-9-4-5-10-24)17-22(3)29-20-35-30-14-7-6-13-26(30)32(29)25-11-8-12-25/h6-7,13-16,18-22,24-25H,4-5,8-12,17H2,1-3H3. The molecule has 180 valence electrons. The zero-order valence-electron chi connectivity index (χ0n) is 21.6. The maximum atomic E-state index is 4.89. The van der Waals surface area contributed by atoms with Crippen LogP contribution in [0, 0.1) is 0 Å². The molecule has 2 aliphatic rings. The Morgan fingerprint density at radius 3 is 2.03 bits per heavy atom. The van der Waals surface area contributed by atoms with E-state index in [0.717, 1.165) is 17.5 Å². The summed E-state index contributed by atoms with van der Waals surface area (Å²) in [6.07, 6.45) is 14.8. The van der Waals surface area contributed by atoms with Gasteiger partial charge >= 0.3 is 0 Å². The fourth-order valence-electron chi connectivity index (χ4n) is 6.72. The molecule has 2 heteroatoms. The SMILES string of the molecule is CC(C)c1cnc2ccc(CC(C)c3cnc4ccccc4c3C3CCC3)cc2c1C1CCCC1. The quantitative estimate of drug-likeness (QED) is 0.285. The fourth-order valence-corrected chi connectivity index (χ4v) is 6.72. The van der Waals surface area contributed by atoms with Gasteiger partial charge in [-0.2, -0.15) is 0 Å². The molecule has 2 aliphatic carbocycles. The van der Waals surface area contributed by atoms with Crippen LogP contribution in [-0.4, -0.2) is 9.97 Å². The first kappa shape index (κ1) is 22.7. The number of rotatable bonds is 6. The van der Waals surface area contributed by atoms with E-state index in [2.05, 4.69) is 75.6 Å². The van der Waals surface area contributed by atoms with Crippen molar-refractivity contribution < 1.29 is 0 Å². The second-order valence-electron chi connectivity index (χ2n) is 11.5. The van der Waals surface area contributed by atoms with Crippen molar-refractivity contribution in [1.82, 2.24) is 9.97 Å². The second kappa shape index (κ2) is 9.37. The minimum absolute atomic E-state index is 0.441. The lowest BCUT2D eigenvalue weighted by molar-refractivity contribution is 0.418. The van der Waals surface area contributed by atoms with Gasteiger partial charge in [-0.25, -0.2) is 0 Å². The van der Waals surface area contributed by atoms with Crippen molar-refractivity contribution in [3.8, 4) is 0 Å². The Hall–Kier alpha value is -2.74. The molecule has 2 heterocycles. The molecule has 0 saturated heterocycles. The molecule has 0 amide bonds. The molecule has 6 rings (SSSR count). The van der Waals surface area contributed by atoms with Crippen molar-refractivity contribution in [2.24, 2.45) is 0 Å². The van der Waals surface area contributed by atoms with Crippen molar-refractivity contribution in [1.29, 1.82) is 0 Å². The van der Waals surface area contributed by atoms with Crippen LogP contribution in [0.25, 0.3) is 21.8 Å². The smallest absolute Gasteiger partial charge is 0.0705 e. The number of fused-ring (bicyclic) bond motifs is 2. The minimum atomic E-state index is 0.441. The van der Waals surface area contributed by atoms with Crippen LogP contribution in [0.15, 0.2) is 54.9 Å². The molecule has 2 nitrogen and oxygen atoms in total. The molecule has 2 aromatic heterocycles. The molecular formula is C33H38N2. The minimum Gasteiger partial charge on any atom is -0.256 e. The number of pyridine rings is 2. The van der Waals surface area contributed by atoms with Crippen LogP contribution in [0.3, 0.4) is 0 Å². The van der Waals surface area contributed by atoms with Crippen LogP contribution in [0.1, 0.15) is 117 Å². The summed E-state index contributed by atoms with van der Waals surface area (Å²) in [5.74, 6) is 2.35. The molecule has 1 unspecified atom stereocenters. The molecule has 1 atom stereocenters. The topological polar surface area (TPSA) is 25.8 Å². The van der Waals surface area contributed by atoms with Gasteiger partial charge in [-0.3, -0.25) is 9.97 Å². The number of nitrogens with zero attached hydrogens (tertiary/aromatic N) is 2. The number of para-hydroxylation sites is 1. The van der Waals surface area contributed by atoms with Crippen LogP contribution in [0.5, 0.6) is 0 Å². The third-order valence-electron chi connectivity index (χ3n) is 8.82. The van der Waals surface area contributed by atoms with Gasteiger partial charge in [0.2, 0.25) is 0 Å². The highest BCUT2D eigenvalue weighted by Gasteiger charge is 2.27. The van der Waals surface area contributed by atoms with Crippen LogP contribution < -0.4 is 0 Å². The Labute approximate surface area is 210 Å². The van der Waals surface area contributed by atoms with E-state index in [4.69, 9.17) is 9.97 Å². The Bertz CT molecular complexity index is 1360. The molecule has 35 heavy (non-hydrogen) atoms. The summed E-state index contributed by atoms with van der Waals surface area (Å²) < 4.78 is 0. The highest BCUT2D eigenvalue weighted by atomic mass is 14.7. The van der Waals surface area contributed by atoms with E-state index in [9.17, 15) is 0 Å². The first-order valence-corrected chi connectivity index (χ1v) is 13.9. The maximum Gasteiger partial charge on any atom is 0.0705 e. The lowest BCUT2D eigenvalue weighted by Gasteiger charge is -2.31. The summed E-state index contributed by atoms with van der Waals surface area (Å²) in [6.45, 7) is 7.04. The van der Waals surface area contributed by atoms with E-state index in [-0.39, 0.29) is 0 Å².